The van der Waals surface area contributed by atoms with E-state index in [2.05, 4.69) is 26.0 Å². The van der Waals surface area contributed by atoms with Gasteiger partial charge in [-0.2, -0.15) is 42.5 Å². The van der Waals surface area contributed by atoms with Crippen LogP contribution in [0.1, 0.15) is 39.8 Å². The summed E-state index contributed by atoms with van der Waals surface area (Å²) < 4.78 is 105. The van der Waals surface area contributed by atoms with E-state index in [0.29, 0.717) is 0 Å². The first-order valence-electron chi connectivity index (χ1n) is 11.2. The van der Waals surface area contributed by atoms with Gasteiger partial charge in [-0.3, -0.25) is 0 Å². The van der Waals surface area contributed by atoms with Crippen molar-refractivity contribution in [3.05, 3.63) is 83.3 Å². The molecule has 48 heavy (non-hydrogen) atoms. The molecule has 18 nitrogen and oxygen atoms in total. The van der Waals surface area contributed by atoms with Crippen LogP contribution < -0.4 is 101 Å². The van der Waals surface area contributed by atoms with Crippen LogP contribution in [0, 0.1) is 0 Å². The van der Waals surface area contributed by atoms with Crippen molar-refractivity contribution in [3.8, 4) is 0 Å². The second-order valence-corrected chi connectivity index (χ2v) is 13.8. The summed E-state index contributed by atoms with van der Waals surface area (Å²) in [5, 5.41) is 42.9. The smallest absolute Gasteiger partial charge is 0.858 e. The Hall–Kier alpha value is -2.16. The van der Waals surface area contributed by atoms with Gasteiger partial charge in [-0.15, -0.1) is 8.80 Å². The van der Waals surface area contributed by atoms with Gasteiger partial charge in [0.15, 0.2) is 0 Å². The first kappa shape index (κ1) is 48.0. The molecule has 0 saturated heterocycles. The average molecular weight is 783 g/mol. The van der Waals surface area contributed by atoms with E-state index < -0.39 is 64.2 Å². The van der Waals surface area contributed by atoms with E-state index in [4.69, 9.17) is 0 Å². The van der Waals surface area contributed by atoms with E-state index >= 15 is 0 Å². The van der Waals surface area contributed by atoms with E-state index in [1.807, 2.05) is 0 Å². The van der Waals surface area contributed by atoms with Gasteiger partial charge >= 0.3 is 102 Å². The van der Waals surface area contributed by atoms with Crippen molar-refractivity contribution in [2.75, 3.05) is 0 Å². The second-order valence-electron chi connectivity index (χ2n) is 8.18. The molecule has 2 aromatic rings. The normalized spacial score (nSPS) is 18.6. The zero-order valence-electron chi connectivity index (χ0n) is 23.9. The minimum Gasteiger partial charge on any atom is -0.858 e. The summed E-state index contributed by atoms with van der Waals surface area (Å²) >= 11 is 0. The van der Waals surface area contributed by atoms with Gasteiger partial charge in [0.1, 0.15) is 12.5 Å². The van der Waals surface area contributed by atoms with Crippen LogP contribution in [0.25, 0.3) is 0 Å². The maximum atomic E-state index is 11.1. The fourth-order valence-corrected chi connectivity index (χ4v) is 6.42. The van der Waals surface area contributed by atoms with Crippen molar-refractivity contribution >= 4 is 64.2 Å². The van der Waals surface area contributed by atoms with E-state index in [1.54, 1.807) is 24.3 Å². The topological polar surface area (TPSA) is 297 Å². The predicted molar refractivity (Wildman–Crippen MR) is 156 cm³/mol. The summed E-state index contributed by atoms with van der Waals surface area (Å²) in [6, 6.07) is 12.0. The molecule has 0 aromatic heterocycles. The van der Waals surface area contributed by atoms with Gasteiger partial charge in [0, 0.05) is 34.7 Å². The van der Waals surface area contributed by atoms with E-state index in [1.165, 1.54) is 38.1 Å². The molecule has 0 bridgehead atoms. The molecule has 4 aliphatic rings. The molecule has 0 saturated carbocycles. The Labute approximate surface area is 342 Å². The van der Waals surface area contributed by atoms with Crippen LogP contribution in [-0.4, -0.2) is 57.3 Å². The fourth-order valence-electron chi connectivity index (χ4n) is 2.91. The molecule has 24 heteroatoms. The van der Waals surface area contributed by atoms with Gasteiger partial charge < -0.3 is 28.8 Å². The van der Waals surface area contributed by atoms with Crippen molar-refractivity contribution < 1.29 is 143 Å². The van der Waals surface area contributed by atoms with E-state index in [0.717, 1.165) is 12.5 Å². The Bertz CT molecular complexity index is 1990. The molecule has 0 unspecified atom stereocenters. The standard InChI is InChI=1S/2C7H5NO3S.2C4H5NO4S.2CH4.K.Na/c2*9-7-5-3-1-2-4-6(5)12(10,11)8-7;2*1-3-2-9-10(7,8)5-4(3)6;;;;/h2*1-4H,(H,8,9);2*2H,1H3,(H,5,6);2*1H4;;/q;;;;;;2*+1/p-4. The van der Waals surface area contributed by atoms with Crippen LogP contribution >= 0.6 is 0 Å². The largest absolute Gasteiger partial charge is 1.00 e. The van der Waals surface area contributed by atoms with Crippen LogP contribution in [-0.2, 0) is 49.0 Å². The zero-order valence-corrected chi connectivity index (χ0v) is 32.3. The minimum atomic E-state index is -3.97. The first-order chi connectivity index (χ1) is 20.2. The number of hydrogen-bond donors (Lipinski definition) is 0. The van der Waals surface area contributed by atoms with Crippen LogP contribution in [0.4, 0.5) is 0 Å². The Morgan fingerprint density at radius 1 is 0.521 bits per heavy atom. The van der Waals surface area contributed by atoms with Gasteiger partial charge in [0.05, 0.1) is 9.79 Å². The molecule has 4 aliphatic heterocycles. The Kier molecular flexibility index (Phi) is 18.7. The Morgan fingerprint density at radius 3 is 1.06 bits per heavy atom. The molecule has 0 fully saturated rings. The molecular weight excluding hydrogens is 759 g/mol. The molecular formula is C24H24KN4NaO14S4-2. The molecule has 252 valence electrons. The summed E-state index contributed by atoms with van der Waals surface area (Å²) in [4.78, 5) is 0.0185. The summed E-state index contributed by atoms with van der Waals surface area (Å²) in [5.74, 6) is -2.89. The second kappa shape index (κ2) is 18.7. The van der Waals surface area contributed by atoms with Gasteiger partial charge in [-0.25, -0.2) is 0 Å². The Morgan fingerprint density at radius 2 is 0.812 bits per heavy atom. The quantitative estimate of drug-likeness (QED) is 0.224. The summed E-state index contributed by atoms with van der Waals surface area (Å²) in [5.41, 5.74) is 0.680. The number of hydrogen-bond acceptors (Lipinski definition) is 14. The third-order valence-electron chi connectivity index (χ3n) is 4.95. The number of fused-ring (bicyclic) bond motifs is 2. The summed E-state index contributed by atoms with van der Waals surface area (Å²) in [6.07, 6.45) is 1.73. The number of nitrogens with zero attached hydrogens (tertiary/aromatic N) is 4. The van der Waals surface area contributed by atoms with Gasteiger partial charge in [-0.05, 0) is 37.1 Å². The van der Waals surface area contributed by atoms with Crippen molar-refractivity contribution in [2.24, 2.45) is 17.6 Å². The van der Waals surface area contributed by atoms with Crippen LogP contribution in [0.2, 0.25) is 0 Å². The average Bonchev–Trinajstić information content (AvgIpc) is 3.31. The fraction of sp³-hybridized carbons (Fsp3) is 0.167. The molecule has 0 aliphatic carbocycles. The van der Waals surface area contributed by atoms with Gasteiger partial charge in [0.25, 0.3) is 20.0 Å². The van der Waals surface area contributed by atoms with Gasteiger partial charge in [0.2, 0.25) is 0 Å². The Balaban J connectivity index is 0. The minimum absolute atomic E-state index is 0. The summed E-state index contributed by atoms with van der Waals surface area (Å²) in [7, 11) is -15.3. The van der Waals surface area contributed by atoms with Crippen molar-refractivity contribution in [2.45, 2.75) is 38.5 Å². The molecule has 0 amide bonds. The van der Waals surface area contributed by atoms with Crippen LogP contribution in [0.3, 0.4) is 0 Å². The zero-order chi connectivity index (χ0) is 33.1. The van der Waals surface area contributed by atoms with Crippen LogP contribution in [0.5, 0.6) is 0 Å². The van der Waals surface area contributed by atoms with Crippen molar-refractivity contribution in [1.82, 2.24) is 0 Å². The predicted octanol–water partition coefficient (Wildman–Crippen LogP) is -7.88. The monoisotopic (exact) mass is 782 g/mol. The van der Waals surface area contributed by atoms with E-state index in [9.17, 15) is 54.1 Å². The van der Waals surface area contributed by atoms with E-state index in [-0.39, 0.29) is 128 Å². The van der Waals surface area contributed by atoms with Gasteiger partial charge in [-0.1, -0.05) is 51.3 Å². The molecule has 6 rings (SSSR count). The van der Waals surface area contributed by atoms with Crippen molar-refractivity contribution in [1.29, 1.82) is 0 Å². The number of rotatable bonds is 0. The third kappa shape index (κ3) is 12.6. The molecule has 0 atom stereocenters. The third-order valence-corrected chi connectivity index (χ3v) is 9.05. The number of benzene rings is 2. The molecule has 0 spiro atoms. The molecule has 0 radical (unpaired) electrons. The maximum Gasteiger partial charge on any atom is 1.00 e. The SMILES string of the molecule is C.C.CC1=COS(=O)(=O)N=C1[O-].CC1=COS(=O)(=O)N=C1[O-].O=S1(=O)N=C([O-])c2ccccc21.O=S1(=O)N=C([O-])c2ccccc21.[K+].[Na+]. The number of sulfonamides is 2. The molecule has 0 N–H and O–H groups in total. The maximum absolute atomic E-state index is 11.1. The molecule has 2 aromatic carbocycles. The summed E-state index contributed by atoms with van der Waals surface area (Å²) in [6.45, 7) is 2.83. The van der Waals surface area contributed by atoms with Crippen LogP contribution in [0.15, 0.2) is 99.6 Å². The first-order valence-corrected chi connectivity index (χ1v) is 16.8. The molecule has 4 heterocycles. The van der Waals surface area contributed by atoms with Crippen molar-refractivity contribution in [3.63, 3.8) is 0 Å².